The van der Waals surface area contributed by atoms with Crippen molar-refractivity contribution >= 4 is 35.6 Å². The zero-order valence-electron chi connectivity index (χ0n) is 20.8. The quantitative estimate of drug-likeness (QED) is 0.101. The summed E-state index contributed by atoms with van der Waals surface area (Å²) in [6, 6.07) is 3.08. The Bertz CT molecular complexity index is 973. The molecule has 14 heteroatoms. The molecule has 1 aromatic rings. The van der Waals surface area contributed by atoms with Crippen molar-refractivity contribution in [3.8, 4) is 0 Å². The normalized spacial score (nSPS) is 13.8. The van der Waals surface area contributed by atoms with Crippen molar-refractivity contribution in [1.29, 1.82) is 0 Å². The fourth-order valence-corrected chi connectivity index (χ4v) is 3.43. The predicted octanol–water partition coefficient (Wildman–Crippen LogP) is -1.44. The maximum atomic E-state index is 13.1. The van der Waals surface area contributed by atoms with Crippen LogP contribution in [-0.4, -0.2) is 81.7 Å². The fourth-order valence-electron chi connectivity index (χ4n) is 3.43. The highest BCUT2D eigenvalue weighted by molar-refractivity contribution is 5.95. The minimum Gasteiger partial charge on any atom is -0.481 e. The van der Waals surface area contributed by atoms with Gasteiger partial charge in [0.1, 0.15) is 18.1 Å². The highest BCUT2D eigenvalue weighted by atomic mass is 16.4. The average molecular weight is 538 g/mol. The Kier molecular flexibility index (Phi) is 14.0. The molecule has 0 fully saturated rings. The van der Waals surface area contributed by atoms with Gasteiger partial charge in [-0.3, -0.25) is 24.0 Å². The number of aliphatic carboxylic acids is 3. The van der Waals surface area contributed by atoms with Gasteiger partial charge in [0.05, 0.1) is 12.5 Å². The molecule has 0 aromatic heterocycles. The predicted molar refractivity (Wildman–Crippen MR) is 134 cm³/mol. The number of carbonyl (C=O) groups is 6. The summed E-state index contributed by atoms with van der Waals surface area (Å²) in [5.74, 6) is -6.94. The second-order valence-electron chi connectivity index (χ2n) is 8.63. The number of carboxylic acid groups (broad SMARTS) is 3. The fraction of sp³-hybridized carbons (Fsp3) is 0.500. The van der Waals surface area contributed by atoms with Gasteiger partial charge < -0.3 is 42.7 Å². The lowest BCUT2D eigenvalue weighted by Crippen LogP contribution is -2.58. The Morgan fingerprint density at radius 2 is 1.32 bits per heavy atom. The molecule has 0 radical (unpaired) electrons. The maximum Gasteiger partial charge on any atom is 0.326 e. The third-order valence-corrected chi connectivity index (χ3v) is 5.49. The highest BCUT2D eigenvalue weighted by Crippen LogP contribution is 2.07. The van der Waals surface area contributed by atoms with Gasteiger partial charge in [-0.2, -0.15) is 0 Å². The van der Waals surface area contributed by atoms with E-state index in [1.165, 1.54) is 0 Å². The Morgan fingerprint density at radius 1 is 0.737 bits per heavy atom. The van der Waals surface area contributed by atoms with Crippen LogP contribution in [0.15, 0.2) is 30.3 Å². The van der Waals surface area contributed by atoms with Gasteiger partial charge in [-0.25, -0.2) is 4.79 Å². The monoisotopic (exact) mass is 537 g/mol. The molecular weight excluding hydrogens is 502 g/mol. The van der Waals surface area contributed by atoms with Crippen molar-refractivity contribution in [2.75, 3.05) is 6.54 Å². The molecule has 4 atom stereocenters. The molecule has 10 N–H and O–H groups in total. The van der Waals surface area contributed by atoms with E-state index in [0.717, 1.165) is 0 Å². The summed E-state index contributed by atoms with van der Waals surface area (Å²) in [5.41, 5.74) is 12.0. The molecule has 0 aliphatic rings. The topological polar surface area (TPSA) is 251 Å². The van der Waals surface area contributed by atoms with E-state index in [1.807, 2.05) is 0 Å². The number of hydrogen-bond acceptors (Lipinski definition) is 8. The van der Waals surface area contributed by atoms with Gasteiger partial charge in [0, 0.05) is 12.8 Å². The van der Waals surface area contributed by atoms with Crippen LogP contribution < -0.4 is 27.4 Å². The van der Waals surface area contributed by atoms with Crippen molar-refractivity contribution in [1.82, 2.24) is 16.0 Å². The van der Waals surface area contributed by atoms with E-state index in [0.29, 0.717) is 31.4 Å². The minimum absolute atomic E-state index is 0.00823. The molecule has 3 amide bonds. The van der Waals surface area contributed by atoms with E-state index in [2.05, 4.69) is 16.0 Å². The van der Waals surface area contributed by atoms with Crippen LogP contribution in [0.1, 0.15) is 44.1 Å². The Hall–Kier alpha value is -4.04. The summed E-state index contributed by atoms with van der Waals surface area (Å²) in [6.45, 7) is 0.430. The lowest BCUT2D eigenvalue weighted by molar-refractivity contribution is -0.144. The van der Waals surface area contributed by atoms with Crippen LogP contribution >= 0.6 is 0 Å². The molecule has 0 saturated heterocycles. The van der Waals surface area contributed by atoms with Gasteiger partial charge in [-0.05, 0) is 31.4 Å². The first-order chi connectivity index (χ1) is 17.9. The van der Waals surface area contributed by atoms with Gasteiger partial charge in [0.2, 0.25) is 17.7 Å². The number of hydrogen-bond donors (Lipinski definition) is 8. The van der Waals surface area contributed by atoms with Gasteiger partial charge in [0.15, 0.2) is 0 Å². The highest BCUT2D eigenvalue weighted by Gasteiger charge is 2.32. The van der Waals surface area contributed by atoms with Crippen LogP contribution in [0.25, 0.3) is 0 Å². The molecular formula is C24H35N5O9. The van der Waals surface area contributed by atoms with Crippen LogP contribution in [0.5, 0.6) is 0 Å². The molecule has 4 unspecified atom stereocenters. The van der Waals surface area contributed by atoms with Crippen LogP contribution in [-0.2, 0) is 35.2 Å². The first kappa shape index (κ1) is 32.0. The Morgan fingerprint density at radius 3 is 1.87 bits per heavy atom. The van der Waals surface area contributed by atoms with Crippen LogP contribution in [0.2, 0.25) is 0 Å². The molecule has 0 saturated carbocycles. The lowest BCUT2D eigenvalue weighted by Gasteiger charge is -2.24. The van der Waals surface area contributed by atoms with Gasteiger partial charge >= 0.3 is 17.9 Å². The first-order valence-corrected chi connectivity index (χ1v) is 12.0. The third kappa shape index (κ3) is 12.3. The average Bonchev–Trinajstić information content (AvgIpc) is 2.85. The summed E-state index contributed by atoms with van der Waals surface area (Å²) in [7, 11) is 0. The number of rotatable bonds is 18. The summed E-state index contributed by atoms with van der Waals surface area (Å²) >= 11 is 0. The second kappa shape index (κ2) is 16.7. The van der Waals surface area contributed by atoms with Crippen LogP contribution in [0.4, 0.5) is 0 Å². The molecule has 0 bridgehead atoms. The van der Waals surface area contributed by atoms with Gasteiger partial charge in [0.25, 0.3) is 0 Å². The number of unbranched alkanes of at least 4 members (excludes halogenated alkanes) is 1. The molecule has 38 heavy (non-hydrogen) atoms. The van der Waals surface area contributed by atoms with E-state index in [-0.39, 0.29) is 6.42 Å². The van der Waals surface area contributed by atoms with Crippen LogP contribution in [0, 0.1) is 0 Å². The number of amides is 3. The van der Waals surface area contributed by atoms with Gasteiger partial charge in [-0.15, -0.1) is 0 Å². The van der Waals surface area contributed by atoms with Crippen molar-refractivity contribution in [2.45, 2.75) is 69.1 Å². The zero-order valence-corrected chi connectivity index (χ0v) is 20.8. The molecule has 14 nitrogen and oxygen atoms in total. The summed E-state index contributed by atoms with van der Waals surface area (Å²) in [4.78, 5) is 72.1. The molecule has 210 valence electrons. The SMILES string of the molecule is NCCCCC(N)C(=O)NC(Cc1ccccc1)C(=O)NC(CC(=O)O)C(=O)NC(CCC(=O)O)C(=O)O. The number of nitrogens with two attached hydrogens (primary N) is 2. The van der Waals surface area contributed by atoms with E-state index in [1.54, 1.807) is 30.3 Å². The van der Waals surface area contributed by atoms with Crippen molar-refractivity contribution < 1.29 is 44.1 Å². The van der Waals surface area contributed by atoms with E-state index in [4.69, 9.17) is 16.6 Å². The molecule has 0 aliphatic heterocycles. The standard InChI is InChI=1S/C24H35N5O9/c25-11-5-4-8-15(26)21(34)28-17(12-14-6-2-1-3-7-14)22(35)29-18(13-20(32)33)23(36)27-16(24(37)38)9-10-19(30)31/h1-3,6-7,15-18H,4-5,8-13,25-26H2,(H,27,36)(H,28,34)(H,29,35)(H,30,31)(H,32,33)(H,37,38). The minimum atomic E-state index is -1.71. The van der Waals surface area contributed by atoms with E-state index < -0.39 is 79.1 Å². The molecule has 1 rings (SSSR count). The summed E-state index contributed by atoms with van der Waals surface area (Å²) < 4.78 is 0. The number of carboxylic acids is 3. The summed E-state index contributed by atoms with van der Waals surface area (Å²) in [6.07, 6.45) is -0.361. The Balaban J connectivity index is 3.07. The largest absolute Gasteiger partial charge is 0.481 e. The smallest absolute Gasteiger partial charge is 0.326 e. The van der Waals surface area contributed by atoms with E-state index >= 15 is 0 Å². The van der Waals surface area contributed by atoms with Crippen molar-refractivity contribution in [3.63, 3.8) is 0 Å². The summed E-state index contributed by atoms with van der Waals surface area (Å²) in [5, 5.41) is 34.2. The second-order valence-corrected chi connectivity index (χ2v) is 8.63. The Labute approximate surface area is 219 Å². The van der Waals surface area contributed by atoms with Crippen molar-refractivity contribution in [2.24, 2.45) is 11.5 Å². The van der Waals surface area contributed by atoms with E-state index in [9.17, 15) is 39.0 Å². The molecule has 0 spiro atoms. The van der Waals surface area contributed by atoms with Crippen molar-refractivity contribution in [3.05, 3.63) is 35.9 Å². The van der Waals surface area contributed by atoms with Gasteiger partial charge in [-0.1, -0.05) is 36.8 Å². The number of benzene rings is 1. The molecule has 0 heterocycles. The number of carbonyl (C=O) groups excluding carboxylic acids is 3. The maximum absolute atomic E-state index is 13.1. The third-order valence-electron chi connectivity index (χ3n) is 5.49. The molecule has 1 aromatic carbocycles. The number of nitrogens with one attached hydrogen (secondary N) is 3. The zero-order chi connectivity index (χ0) is 28.7. The molecule has 0 aliphatic carbocycles. The lowest BCUT2D eigenvalue weighted by atomic mass is 10.0. The first-order valence-electron chi connectivity index (χ1n) is 12.0. The van der Waals surface area contributed by atoms with Crippen LogP contribution in [0.3, 0.4) is 0 Å².